The molecule has 78 valence electrons. The smallest absolute Gasteiger partial charge is 0.145 e. The van der Waals surface area contributed by atoms with E-state index in [2.05, 4.69) is 35.9 Å². The lowest BCUT2D eigenvalue weighted by Crippen LogP contribution is -1.97. The molecule has 0 aliphatic carbocycles. The molecule has 2 heterocycles. The van der Waals surface area contributed by atoms with Crippen molar-refractivity contribution in [2.75, 3.05) is 0 Å². The summed E-state index contributed by atoms with van der Waals surface area (Å²) in [4.78, 5) is 4.03. The highest BCUT2D eigenvalue weighted by molar-refractivity contribution is 9.10. The number of hydrogen-bond acceptors (Lipinski definition) is 5. The number of hydrogen-bond donors (Lipinski definition) is 0. The summed E-state index contributed by atoms with van der Waals surface area (Å²) in [6.45, 7) is 2.15. The Bertz CT molecular complexity index is 441. The molecular formula is C9H8BrN3O2. The second-order valence-corrected chi connectivity index (χ2v) is 3.71. The number of nitrogens with zero attached hydrogens (tertiary/aromatic N) is 3. The predicted molar refractivity (Wildman–Crippen MR) is 55.3 cm³/mol. The number of ether oxygens (including phenoxy) is 1. The molecule has 2 rings (SSSR count). The van der Waals surface area contributed by atoms with Crippen LogP contribution in [0.4, 0.5) is 0 Å². The number of halogens is 1. The van der Waals surface area contributed by atoms with Crippen molar-refractivity contribution in [1.29, 1.82) is 0 Å². The van der Waals surface area contributed by atoms with Crippen LogP contribution in [0.3, 0.4) is 0 Å². The first-order chi connectivity index (χ1) is 7.25. The second kappa shape index (κ2) is 4.39. The minimum atomic E-state index is 0.332. The summed E-state index contributed by atoms with van der Waals surface area (Å²) in [5.41, 5.74) is 1.43. The zero-order chi connectivity index (χ0) is 10.7. The minimum Gasteiger partial charge on any atom is -0.485 e. The van der Waals surface area contributed by atoms with Crippen molar-refractivity contribution in [2.45, 2.75) is 13.5 Å². The quantitative estimate of drug-likeness (QED) is 0.799. The van der Waals surface area contributed by atoms with Crippen molar-refractivity contribution in [3.8, 4) is 5.75 Å². The van der Waals surface area contributed by atoms with Crippen LogP contribution >= 0.6 is 15.9 Å². The molecule has 6 heteroatoms. The highest BCUT2D eigenvalue weighted by atomic mass is 79.9. The molecule has 0 amide bonds. The van der Waals surface area contributed by atoms with Gasteiger partial charge in [0.2, 0.25) is 0 Å². The molecule has 0 saturated heterocycles. The van der Waals surface area contributed by atoms with E-state index < -0.39 is 0 Å². The maximum Gasteiger partial charge on any atom is 0.145 e. The third-order valence-electron chi connectivity index (χ3n) is 1.82. The number of pyridine rings is 1. The number of aryl methyl sites for hydroxylation is 1. The van der Waals surface area contributed by atoms with Crippen LogP contribution in [0.15, 0.2) is 27.6 Å². The van der Waals surface area contributed by atoms with Gasteiger partial charge in [-0.15, -0.1) is 0 Å². The van der Waals surface area contributed by atoms with E-state index in [1.54, 1.807) is 6.20 Å². The monoisotopic (exact) mass is 269 g/mol. The van der Waals surface area contributed by atoms with Gasteiger partial charge in [0, 0.05) is 0 Å². The Morgan fingerprint density at radius 3 is 2.87 bits per heavy atom. The summed E-state index contributed by atoms with van der Waals surface area (Å²) in [6, 6.07) is 3.63. The van der Waals surface area contributed by atoms with Crippen LogP contribution in [-0.2, 0) is 6.61 Å². The van der Waals surface area contributed by atoms with Gasteiger partial charge in [-0.05, 0) is 35.0 Å². The van der Waals surface area contributed by atoms with E-state index in [0.717, 1.165) is 10.3 Å². The van der Waals surface area contributed by atoms with Gasteiger partial charge in [0.05, 0.1) is 6.20 Å². The van der Waals surface area contributed by atoms with Crippen LogP contribution in [-0.4, -0.2) is 15.3 Å². The molecule has 0 radical (unpaired) electrons. The van der Waals surface area contributed by atoms with Gasteiger partial charge >= 0.3 is 0 Å². The summed E-state index contributed by atoms with van der Waals surface area (Å²) in [7, 11) is 0. The average Bonchev–Trinajstić information content (AvgIpc) is 2.63. The van der Waals surface area contributed by atoms with Gasteiger partial charge in [0.15, 0.2) is 0 Å². The molecule has 0 aliphatic heterocycles. The molecule has 0 aliphatic rings. The van der Waals surface area contributed by atoms with Gasteiger partial charge < -0.3 is 4.74 Å². The fourth-order valence-electron chi connectivity index (χ4n) is 0.980. The summed E-state index contributed by atoms with van der Waals surface area (Å²) in [5, 5.41) is 7.36. The molecule has 0 aromatic carbocycles. The summed E-state index contributed by atoms with van der Waals surface area (Å²) in [6.07, 6.45) is 1.63. The highest BCUT2D eigenvalue weighted by Gasteiger charge is 2.05. The summed E-state index contributed by atoms with van der Waals surface area (Å²) < 4.78 is 10.8. The van der Waals surface area contributed by atoms with Crippen molar-refractivity contribution in [3.63, 3.8) is 0 Å². The molecule has 0 bridgehead atoms. The topological polar surface area (TPSA) is 61.0 Å². The second-order valence-electron chi connectivity index (χ2n) is 2.90. The van der Waals surface area contributed by atoms with Crippen molar-refractivity contribution in [2.24, 2.45) is 0 Å². The van der Waals surface area contributed by atoms with E-state index in [1.807, 2.05) is 19.1 Å². The SMILES string of the molecule is Cc1nonc1COc1ccc(Br)nc1. The third-order valence-corrected chi connectivity index (χ3v) is 2.29. The van der Waals surface area contributed by atoms with E-state index >= 15 is 0 Å². The maximum atomic E-state index is 5.44. The van der Waals surface area contributed by atoms with Crippen molar-refractivity contribution in [3.05, 3.63) is 34.3 Å². The molecule has 15 heavy (non-hydrogen) atoms. The molecule has 0 fully saturated rings. The van der Waals surface area contributed by atoms with E-state index in [1.165, 1.54) is 0 Å². The lowest BCUT2D eigenvalue weighted by molar-refractivity contribution is 0.269. The van der Waals surface area contributed by atoms with Gasteiger partial charge in [0.25, 0.3) is 0 Å². The van der Waals surface area contributed by atoms with Crippen molar-refractivity contribution < 1.29 is 9.37 Å². The Morgan fingerprint density at radius 1 is 1.40 bits per heavy atom. The first-order valence-corrected chi connectivity index (χ1v) is 5.07. The highest BCUT2D eigenvalue weighted by Crippen LogP contribution is 2.14. The van der Waals surface area contributed by atoms with Crippen molar-refractivity contribution in [1.82, 2.24) is 15.3 Å². The first-order valence-electron chi connectivity index (χ1n) is 4.28. The van der Waals surface area contributed by atoms with E-state index in [-0.39, 0.29) is 0 Å². The van der Waals surface area contributed by atoms with E-state index in [0.29, 0.717) is 18.1 Å². The van der Waals surface area contributed by atoms with E-state index in [9.17, 15) is 0 Å². The zero-order valence-corrected chi connectivity index (χ0v) is 9.56. The third kappa shape index (κ3) is 2.53. The predicted octanol–water partition coefficient (Wildman–Crippen LogP) is 2.11. The summed E-state index contributed by atoms with van der Waals surface area (Å²) in [5.74, 6) is 0.681. The van der Waals surface area contributed by atoms with Gasteiger partial charge in [-0.1, -0.05) is 10.3 Å². The lowest BCUT2D eigenvalue weighted by Gasteiger charge is -2.02. The molecule has 5 nitrogen and oxygen atoms in total. The Balaban J connectivity index is 1.99. The molecular weight excluding hydrogens is 262 g/mol. The van der Waals surface area contributed by atoms with Gasteiger partial charge in [0.1, 0.15) is 28.3 Å². The summed E-state index contributed by atoms with van der Waals surface area (Å²) >= 11 is 3.24. The van der Waals surface area contributed by atoms with Crippen LogP contribution in [0.1, 0.15) is 11.4 Å². The average molecular weight is 270 g/mol. The Kier molecular flexibility index (Phi) is 2.96. The van der Waals surface area contributed by atoms with Gasteiger partial charge in [-0.3, -0.25) is 0 Å². The molecule has 0 spiro atoms. The lowest BCUT2D eigenvalue weighted by atomic mass is 10.4. The Labute approximate surface area is 94.6 Å². The van der Waals surface area contributed by atoms with Crippen LogP contribution in [0.5, 0.6) is 5.75 Å². The first kappa shape index (κ1) is 10.1. The Hall–Kier alpha value is -1.43. The fraction of sp³-hybridized carbons (Fsp3) is 0.222. The van der Waals surface area contributed by atoms with Crippen LogP contribution in [0.2, 0.25) is 0 Å². The molecule has 2 aromatic rings. The van der Waals surface area contributed by atoms with Crippen LogP contribution < -0.4 is 4.74 Å². The molecule has 0 unspecified atom stereocenters. The molecule has 0 N–H and O–H groups in total. The van der Waals surface area contributed by atoms with Crippen molar-refractivity contribution >= 4 is 15.9 Å². The zero-order valence-electron chi connectivity index (χ0n) is 7.98. The molecule has 0 atom stereocenters. The van der Waals surface area contributed by atoms with Gasteiger partial charge in [-0.25, -0.2) is 9.61 Å². The number of aromatic nitrogens is 3. The van der Waals surface area contributed by atoms with Crippen LogP contribution in [0, 0.1) is 6.92 Å². The fourth-order valence-corrected chi connectivity index (χ4v) is 1.21. The normalized spacial score (nSPS) is 10.3. The maximum absolute atomic E-state index is 5.44. The molecule has 2 aromatic heterocycles. The van der Waals surface area contributed by atoms with Gasteiger partial charge in [-0.2, -0.15) is 0 Å². The Morgan fingerprint density at radius 2 is 2.27 bits per heavy atom. The van der Waals surface area contributed by atoms with E-state index in [4.69, 9.17) is 4.74 Å². The van der Waals surface area contributed by atoms with Crippen LogP contribution in [0.25, 0.3) is 0 Å². The minimum absolute atomic E-state index is 0.332. The standard InChI is InChI=1S/C9H8BrN3O2/c1-6-8(13-15-12-6)5-14-7-2-3-9(10)11-4-7/h2-4H,5H2,1H3. The molecule has 0 saturated carbocycles. The number of rotatable bonds is 3. The largest absolute Gasteiger partial charge is 0.485 e.